The molecule has 0 radical (unpaired) electrons. The molecule has 0 spiro atoms. The van der Waals surface area contributed by atoms with Crippen molar-refractivity contribution in [3.8, 4) is 6.07 Å². The molecule has 1 heterocycles. The predicted molar refractivity (Wildman–Crippen MR) is 43.8 cm³/mol. The molecule has 2 N–H and O–H groups in total. The Bertz CT molecular complexity index is 442. The average molecular weight is 201 g/mol. The third-order valence-electron chi connectivity index (χ3n) is 1.38. The fourth-order valence-electron chi connectivity index (χ4n) is 0.612. The molecule has 0 fully saturated rings. The van der Waals surface area contributed by atoms with Crippen LogP contribution in [0.25, 0.3) is 0 Å². The van der Waals surface area contributed by atoms with Gasteiger partial charge in [0.15, 0.2) is 5.25 Å². The zero-order chi connectivity index (χ0) is 10.1. The van der Waals surface area contributed by atoms with Crippen LogP contribution in [0.15, 0.2) is 6.33 Å². The number of anilines is 1. The minimum absolute atomic E-state index is 0.145. The molecule has 0 aliphatic heterocycles. The van der Waals surface area contributed by atoms with Crippen molar-refractivity contribution in [1.29, 1.82) is 5.26 Å². The number of nitrogens with zero attached hydrogens (tertiary/aromatic N) is 4. The molecular weight excluding hydrogens is 194 g/mol. The standard InChI is InChI=1S/C5H7N5O2S/c1-4(2-6)13(11,12)10-3-8-5(7)9-10/h3-4H,1H3,(H2,7,9). The maximum atomic E-state index is 11.4. The summed E-state index contributed by atoms with van der Waals surface area (Å²) in [4.78, 5) is 3.44. The van der Waals surface area contributed by atoms with E-state index in [1.807, 2.05) is 0 Å². The number of nitrogen functional groups attached to an aromatic ring is 1. The highest BCUT2D eigenvalue weighted by molar-refractivity contribution is 7.90. The number of nitriles is 1. The summed E-state index contributed by atoms with van der Waals surface area (Å²) in [5.74, 6) is -0.145. The molecule has 1 atom stereocenters. The van der Waals surface area contributed by atoms with E-state index >= 15 is 0 Å². The van der Waals surface area contributed by atoms with Crippen LogP contribution in [0.1, 0.15) is 6.92 Å². The molecule has 0 amide bonds. The van der Waals surface area contributed by atoms with Gasteiger partial charge in [-0.15, -0.1) is 9.19 Å². The Kier molecular flexibility index (Phi) is 2.20. The van der Waals surface area contributed by atoms with Crippen molar-refractivity contribution in [3.63, 3.8) is 0 Å². The molecule has 70 valence electrons. The van der Waals surface area contributed by atoms with Gasteiger partial charge in [-0.2, -0.15) is 10.2 Å². The quantitative estimate of drug-likeness (QED) is 0.652. The van der Waals surface area contributed by atoms with Crippen LogP contribution in [0.3, 0.4) is 0 Å². The largest absolute Gasteiger partial charge is 0.366 e. The van der Waals surface area contributed by atoms with E-state index in [-0.39, 0.29) is 5.95 Å². The highest BCUT2D eigenvalue weighted by atomic mass is 32.2. The van der Waals surface area contributed by atoms with Gasteiger partial charge < -0.3 is 5.73 Å². The minimum atomic E-state index is -3.77. The monoisotopic (exact) mass is 201 g/mol. The second-order valence-electron chi connectivity index (χ2n) is 2.29. The van der Waals surface area contributed by atoms with Crippen molar-refractivity contribution in [2.75, 3.05) is 5.73 Å². The van der Waals surface area contributed by atoms with Crippen molar-refractivity contribution in [1.82, 2.24) is 14.2 Å². The Morgan fingerprint density at radius 2 is 2.38 bits per heavy atom. The van der Waals surface area contributed by atoms with E-state index in [1.165, 1.54) is 6.92 Å². The first-order chi connectivity index (χ1) is 5.98. The van der Waals surface area contributed by atoms with Gasteiger partial charge in [-0.1, -0.05) is 0 Å². The molecule has 1 aromatic rings. The lowest BCUT2D eigenvalue weighted by Gasteiger charge is -2.02. The fourth-order valence-corrected chi connectivity index (χ4v) is 1.45. The molecule has 0 saturated carbocycles. The third-order valence-corrected chi connectivity index (χ3v) is 3.08. The first-order valence-electron chi connectivity index (χ1n) is 3.29. The van der Waals surface area contributed by atoms with Gasteiger partial charge in [0, 0.05) is 0 Å². The van der Waals surface area contributed by atoms with E-state index < -0.39 is 15.3 Å². The summed E-state index contributed by atoms with van der Waals surface area (Å²) in [5, 5.41) is 10.6. The second-order valence-corrected chi connectivity index (χ2v) is 4.40. The van der Waals surface area contributed by atoms with Crippen LogP contribution in [0.5, 0.6) is 0 Å². The van der Waals surface area contributed by atoms with Crippen LogP contribution in [0.2, 0.25) is 0 Å². The number of hydrogen-bond donors (Lipinski definition) is 1. The molecule has 0 bridgehead atoms. The van der Waals surface area contributed by atoms with Gasteiger partial charge in [-0.05, 0) is 6.92 Å². The average Bonchev–Trinajstić information content (AvgIpc) is 2.50. The van der Waals surface area contributed by atoms with Crippen molar-refractivity contribution in [2.24, 2.45) is 0 Å². The normalized spacial score (nSPS) is 13.5. The Balaban J connectivity index is 3.17. The number of aromatic nitrogens is 3. The molecule has 13 heavy (non-hydrogen) atoms. The summed E-state index contributed by atoms with van der Waals surface area (Å²) in [6, 6.07) is 1.60. The SMILES string of the molecule is CC(C#N)S(=O)(=O)n1cnc(N)n1. The van der Waals surface area contributed by atoms with Crippen LogP contribution in [-0.4, -0.2) is 27.8 Å². The first kappa shape index (κ1) is 9.47. The fraction of sp³-hybridized carbons (Fsp3) is 0.400. The lowest BCUT2D eigenvalue weighted by molar-refractivity contribution is 0.575. The topological polar surface area (TPSA) is 115 Å². The molecule has 0 aromatic carbocycles. The van der Waals surface area contributed by atoms with E-state index in [0.29, 0.717) is 4.09 Å². The van der Waals surface area contributed by atoms with E-state index in [2.05, 4.69) is 10.1 Å². The van der Waals surface area contributed by atoms with Gasteiger partial charge in [0.25, 0.3) is 10.0 Å². The van der Waals surface area contributed by atoms with Gasteiger partial charge in [0.1, 0.15) is 6.33 Å². The highest BCUT2D eigenvalue weighted by Gasteiger charge is 2.23. The number of rotatable bonds is 2. The third kappa shape index (κ3) is 1.59. The Morgan fingerprint density at radius 3 is 2.77 bits per heavy atom. The van der Waals surface area contributed by atoms with Gasteiger partial charge in [0.05, 0.1) is 6.07 Å². The Labute approximate surface area is 74.8 Å². The molecule has 8 heteroatoms. The molecule has 1 aromatic heterocycles. The van der Waals surface area contributed by atoms with Crippen molar-refractivity contribution >= 4 is 16.0 Å². The zero-order valence-electron chi connectivity index (χ0n) is 6.75. The lowest BCUT2D eigenvalue weighted by atomic mass is 10.5. The lowest BCUT2D eigenvalue weighted by Crippen LogP contribution is -2.24. The van der Waals surface area contributed by atoms with E-state index in [9.17, 15) is 8.42 Å². The van der Waals surface area contributed by atoms with Gasteiger partial charge in [0.2, 0.25) is 5.95 Å². The summed E-state index contributed by atoms with van der Waals surface area (Å²) >= 11 is 0. The molecular formula is C5H7N5O2S. The zero-order valence-corrected chi connectivity index (χ0v) is 7.56. The summed E-state index contributed by atoms with van der Waals surface area (Å²) in [6.07, 6.45) is 0.957. The molecule has 0 saturated heterocycles. The van der Waals surface area contributed by atoms with Gasteiger partial charge in [-0.25, -0.2) is 8.42 Å². The van der Waals surface area contributed by atoms with Crippen molar-refractivity contribution in [3.05, 3.63) is 6.33 Å². The molecule has 1 rings (SSSR count). The van der Waals surface area contributed by atoms with E-state index in [1.54, 1.807) is 6.07 Å². The van der Waals surface area contributed by atoms with E-state index in [0.717, 1.165) is 6.33 Å². The highest BCUT2D eigenvalue weighted by Crippen LogP contribution is 2.03. The summed E-state index contributed by atoms with van der Waals surface area (Å²) in [7, 11) is -3.77. The number of hydrogen-bond acceptors (Lipinski definition) is 6. The van der Waals surface area contributed by atoms with Crippen molar-refractivity contribution < 1.29 is 8.42 Å². The van der Waals surface area contributed by atoms with Crippen LogP contribution < -0.4 is 5.73 Å². The second kappa shape index (κ2) is 3.02. The smallest absolute Gasteiger partial charge is 0.271 e. The predicted octanol–water partition coefficient (Wildman–Crippen LogP) is -1.05. The number of nitrogens with two attached hydrogens (primary N) is 1. The van der Waals surface area contributed by atoms with Crippen LogP contribution in [0.4, 0.5) is 5.95 Å². The van der Waals surface area contributed by atoms with Crippen LogP contribution in [0, 0.1) is 11.3 Å². The van der Waals surface area contributed by atoms with Crippen molar-refractivity contribution in [2.45, 2.75) is 12.2 Å². The van der Waals surface area contributed by atoms with Gasteiger partial charge >= 0.3 is 0 Å². The first-order valence-corrected chi connectivity index (χ1v) is 4.80. The molecule has 1 unspecified atom stereocenters. The Morgan fingerprint density at radius 1 is 1.77 bits per heavy atom. The van der Waals surface area contributed by atoms with Crippen LogP contribution in [-0.2, 0) is 10.0 Å². The summed E-state index contributed by atoms with van der Waals surface area (Å²) < 4.78 is 23.3. The molecule has 0 aliphatic rings. The summed E-state index contributed by atoms with van der Waals surface area (Å²) in [5.41, 5.74) is 5.13. The van der Waals surface area contributed by atoms with Crippen LogP contribution >= 0.6 is 0 Å². The Hall–Kier alpha value is -1.62. The maximum absolute atomic E-state index is 11.4. The van der Waals surface area contributed by atoms with E-state index in [4.69, 9.17) is 11.0 Å². The summed E-state index contributed by atoms with van der Waals surface area (Å²) in [6.45, 7) is 1.26. The van der Waals surface area contributed by atoms with Gasteiger partial charge in [-0.3, -0.25) is 0 Å². The minimum Gasteiger partial charge on any atom is -0.366 e. The molecule has 0 aliphatic carbocycles. The molecule has 7 nitrogen and oxygen atoms in total. The maximum Gasteiger partial charge on any atom is 0.271 e.